The van der Waals surface area contributed by atoms with Crippen LogP contribution in [0.15, 0.2) is 24.3 Å². The van der Waals surface area contributed by atoms with Crippen LogP contribution in [0.2, 0.25) is 0 Å². The molecule has 0 aliphatic carbocycles. The Labute approximate surface area is 163 Å². The number of nitrogens with one attached hydrogen (secondary N) is 2. The molecule has 0 unspecified atom stereocenters. The van der Waals surface area contributed by atoms with Crippen LogP contribution >= 0.6 is 11.3 Å². The van der Waals surface area contributed by atoms with Gasteiger partial charge in [-0.05, 0) is 38.3 Å². The van der Waals surface area contributed by atoms with Crippen molar-refractivity contribution >= 4 is 29.0 Å². The van der Waals surface area contributed by atoms with E-state index in [2.05, 4.69) is 20.8 Å². The van der Waals surface area contributed by atoms with Gasteiger partial charge >= 0.3 is 6.03 Å². The molecule has 144 valence electrons. The van der Waals surface area contributed by atoms with Gasteiger partial charge in [-0.2, -0.15) is 0 Å². The van der Waals surface area contributed by atoms with Crippen molar-refractivity contribution < 1.29 is 9.59 Å². The zero-order chi connectivity index (χ0) is 19.2. The molecule has 3 rings (SSSR count). The molecule has 0 spiro atoms. The highest BCUT2D eigenvalue weighted by atomic mass is 32.1. The molecule has 0 bridgehead atoms. The minimum absolute atomic E-state index is 0.00530. The summed E-state index contributed by atoms with van der Waals surface area (Å²) in [6.45, 7) is 6.14. The zero-order valence-electron chi connectivity index (χ0n) is 15.7. The molecule has 0 saturated carbocycles. The second-order valence-electron chi connectivity index (χ2n) is 6.76. The van der Waals surface area contributed by atoms with Crippen LogP contribution in [-0.4, -0.2) is 46.7 Å². The Kier molecular flexibility index (Phi) is 6.39. The number of rotatable bonds is 5. The van der Waals surface area contributed by atoms with E-state index in [9.17, 15) is 9.59 Å². The zero-order valence-corrected chi connectivity index (χ0v) is 16.5. The predicted molar refractivity (Wildman–Crippen MR) is 106 cm³/mol. The molecule has 1 saturated heterocycles. The van der Waals surface area contributed by atoms with Gasteiger partial charge in [-0.1, -0.05) is 36.0 Å². The third kappa shape index (κ3) is 5.03. The van der Waals surface area contributed by atoms with Gasteiger partial charge in [-0.25, -0.2) is 4.79 Å². The van der Waals surface area contributed by atoms with Crippen molar-refractivity contribution in [3.8, 4) is 0 Å². The Morgan fingerprint density at radius 2 is 1.89 bits per heavy atom. The molecular weight excluding hydrogens is 362 g/mol. The number of carbonyl (C=O) groups is 2. The number of nitrogens with zero attached hydrogens (tertiary/aromatic N) is 3. The molecular formula is C19H25N5O2S. The first-order valence-corrected chi connectivity index (χ1v) is 10.1. The van der Waals surface area contributed by atoms with E-state index >= 15 is 0 Å². The second-order valence-corrected chi connectivity index (χ2v) is 7.77. The van der Waals surface area contributed by atoms with Crippen molar-refractivity contribution in [3.05, 3.63) is 39.8 Å². The number of aryl methyl sites for hydroxylation is 1. The Bertz CT molecular complexity index is 782. The van der Waals surface area contributed by atoms with E-state index in [0.29, 0.717) is 24.6 Å². The summed E-state index contributed by atoms with van der Waals surface area (Å²) in [5.41, 5.74) is 1.88. The summed E-state index contributed by atoms with van der Waals surface area (Å²) in [5.74, 6) is 0.0117. The maximum atomic E-state index is 12.4. The fraction of sp³-hybridized carbons (Fsp3) is 0.474. The lowest BCUT2D eigenvalue weighted by molar-refractivity contribution is 0.102. The summed E-state index contributed by atoms with van der Waals surface area (Å²) in [6.07, 6.45) is 2.61. The number of hydrogen-bond acceptors (Lipinski definition) is 5. The summed E-state index contributed by atoms with van der Waals surface area (Å²) in [4.78, 5) is 26.2. The van der Waals surface area contributed by atoms with E-state index < -0.39 is 0 Å². The van der Waals surface area contributed by atoms with E-state index in [1.54, 1.807) is 0 Å². The number of carbonyl (C=O) groups excluding carboxylic acids is 2. The van der Waals surface area contributed by atoms with Gasteiger partial charge in [0.25, 0.3) is 5.91 Å². The first-order chi connectivity index (χ1) is 13.1. The highest BCUT2D eigenvalue weighted by Crippen LogP contribution is 2.30. The molecule has 0 atom stereocenters. The Morgan fingerprint density at radius 1 is 1.19 bits per heavy atom. The number of piperidine rings is 1. The molecule has 1 aliphatic rings. The minimum Gasteiger partial charge on any atom is -0.338 e. The number of amides is 3. The van der Waals surface area contributed by atoms with Crippen LogP contribution in [0, 0.1) is 6.92 Å². The number of benzene rings is 1. The lowest BCUT2D eigenvalue weighted by atomic mass is 9.98. The fourth-order valence-corrected chi connectivity index (χ4v) is 3.89. The first-order valence-electron chi connectivity index (χ1n) is 9.31. The maximum absolute atomic E-state index is 12.4. The summed E-state index contributed by atoms with van der Waals surface area (Å²) in [5, 5.41) is 15.3. The number of urea groups is 1. The fourth-order valence-electron chi connectivity index (χ4n) is 2.99. The van der Waals surface area contributed by atoms with Gasteiger partial charge in [0.15, 0.2) is 0 Å². The van der Waals surface area contributed by atoms with Crippen molar-refractivity contribution in [1.29, 1.82) is 0 Å². The van der Waals surface area contributed by atoms with Crippen LogP contribution in [0.3, 0.4) is 0 Å². The molecule has 1 fully saturated rings. The van der Waals surface area contributed by atoms with E-state index in [0.717, 1.165) is 35.5 Å². The molecule has 27 heavy (non-hydrogen) atoms. The van der Waals surface area contributed by atoms with E-state index in [-0.39, 0.29) is 17.9 Å². The third-order valence-electron chi connectivity index (χ3n) is 4.60. The topological polar surface area (TPSA) is 87.2 Å². The Morgan fingerprint density at radius 3 is 2.56 bits per heavy atom. The number of aromatic nitrogens is 2. The third-order valence-corrected chi connectivity index (χ3v) is 5.69. The molecule has 0 radical (unpaired) electrons. The monoisotopic (exact) mass is 387 g/mol. The van der Waals surface area contributed by atoms with Crippen molar-refractivity contribution in [1.82, 2.24) is 20.4 Å². The van der Waals surface area contributed by atoms with Gasteiger partial charge in [0.1, 0.15) is 5.01 Å². The number of anilines is 1. The maximum Gasteiger partial charge on any atom is 0.317 e. The molecule has 8 heteroatoms. The highest BCUT2D eigenvalue weighted by molar-refractivity contribution is 7.13. The SMILES string of the molecule is CCCNC(=O)N1CCC(c2nnc(C(=O)Nc3ccc(C)cc3)s2)CC1. The minimum atomic E-state index is -0.237. The van der Waals surface area contributed by atoms with Gasteiger partial charge in [-0.15, -0.1) is 10.2 Å². The average Bonchev–Trinajstić information content (AvgIpc) is 3.18. The van der Waals surface area contributed by atoms with E-state index in [4.69, 9.17) is 0 Å². The van der Waals surface area contributed by atoms with E-state index in [1.807, 2.05) is 43.0 Å². The molecule has 2 N–H and O–H groups in total. The lowest BCUT2D eigenvalue weighted by Crippen LogP contribution is -2.44. The molecule has 2 aromatic rings. The lowest BCUT2D eigenvalue weighted by Gasteiger charge is -2.30. The predicted octanol–water partition coefficient (Wildman–Crippen LogP) is 3.40. The van der Waals surface area contributed by atoms with Gasteiger partial charge in [0, 0.05) is 31.2 Å². The standard InChI is InChI=1S/C19H25N5O2S/c1-3-10-20-19(26)24-11-8-14(9-12-24)17-22-23-18(27-17)16(25)21-15-6-4-13(2)5-7-15/h4-7,14H,3,8-12H2,1-2H3,(H,20,26)(H,21,25). The van der Waals surface area contributed by atoms with Crippen LogP contribution in [0.4, 0.5) is 10.5 Å². The smallest absolute Gasteiger partial charge is 0.317 e. The summed E-state index contributed by atoms with van der Waals surface area (Å²) < 4.78 is 0. The van der Waals surface area contributed by atoms with Crippen LogP contribution in [0.5, 0.6) is 0 Å². The summed E-state index contributed by atoms with van der Waals surface area (Å²) in [7, 11) is 0. The summed E-state index contributed by atoms with van der Waals surface area (Å²) >= 11 is 1.34. The second kappa shape index (κ2) is 8.94. The molecule has 1 aliphatic heterocycles. The van der Waals surface area contributed by atoms with Crippen LogP contribution in [0.1, 0.15) is 52.5 Å². The van der Waals surface area contributed by atoms with Gasteiger partial charge < -0.3 is 15.5 Å². The summed E-state index contributed by atoms with van der Waals surface area (Å²) in [6, 6.07) is 7.64. The van der Waals surface area contributed by atoms with Crippen molar-refractivity contribution in [2.75, 3.05) is 25.0 Å². The van der Waals surface area contributed by atoms with Crippen molar-refractivity contribution in [2.24, 2.45) is 0 Å². The van der Waals surface area contributed by atoms with E-state index in [1.165, 1.54) is 11.3 Å². The van der Waals surface area contributed by atoms with Gasteiger partial charge in [0.2, 0.25) is 5.01 Å². The number of likely N-dealkylation sites (tertiary alicyclic amines) is 1. The number of hydrogen-bond donors (Lipinski definition) is 2. The molecule has 7 nitrogen and oxygen atoms in total. The molecule has 1 aromatic heterocycles. The molecule has 1 aromatic carbocycles. The largest absolute Gasteiger partial charge is 0.338 e. The average molecular weight is 388 g/mol. The highest BCUT2D eigenvalue weighted by Gasteiger charge is 2.27. The van der Waals surface area contributed by atoms with Crippen molar-refractivity contribution in [2.45, 2.75) is 39.0 Å². The van der Waals surface area contributed by atoms with Gasteiger partial charge in [0.05, 0.1) is 0 Å². The normalized spacial score (nSPS) is 14.8. The van der Waals surface area contributed by atoms with Crippen LogP contribution in [0.25, 0.3) is 0 Å². The van der Waals surface area contributed by atoms with Crippen LogP contribution in [-0.2, 0) is 0 Å². The first kappa shape index (κ1) is 19.3. The Hall–Kier alpha value is -2.48. The molecule has 3 amide bonds. The molecule has 2 heterocycles. The van der Waals surface area contributed by atoms with Crippen molar-refractivity contribution in [3.63, 3.8) is 0 Å². The Balaban J connectivity index is 1.54. The van der Waals surface area contributed by atoms with Crippen LogP contribution < -0.4 is 10.6 Å². The quantitative estimate of drug-likeness (QED) is 0.823. The van der Waals surface area contributed by atoms with Gasteiger partial charge in [-0.3, -0.25) is 4.79 Å².